The highest BCUT2D eigenvalue weighted by Gasteiger charge is 2.25. The third-order valence-corrected chi connectivity index (χ3v) is 5.16. The molecule has 4 nitrogen and oxygen atoms in total. The van der Waals surface area contributed by atoms with Crippen molar-refractivity contribution in [2.45, 2.75) is 38.1 Å². The predicted octanol–water partition coefficient (Wildman–Crippen LogP) is 1.80. The molecule has 108 valence electrons. The Kier molecular flexibility index (Phi) is 5.06. The minimum atomic E-state index is -3.60. The predicted molar refractivity (Wildman–Crippen MR) is 74.0 cm³/mol. The van der Waals surface area contributed by atoms with Crippen LogP contribution in [-0.2, 0) is 10.0 Å². The van der Waals surface area contributed by atoms with Gasteiger partial charge >= 0.3 is 0 Å². The Balaban J connectivity index is 3.14. The molecule has 1 atom stereocenters. The van der Waals surface area contributed by atoms with Crippen molar-refractivity contribution in [3.63, 3.8) is 0 Å². The van der Waals surface area contributed by atoms with Gasteiger partial charge in [-0.1, -0.05) is 0 Å². The highest BCUT2D eigenvalue weighted by Crippen LogP contribution is 2.24. The van der Waals surface area contributed by atoms with Gasteiger partial charge in [0.05, 0.1) is 4.90 Å². The lowest BCUT2D eigenvalue weighted by Crippen LogP contribution is -2.32. The molecule has 0 aromatic heterocycles. The first-order valence-electron chi connectivity index (χ1n) is 6.15. The molecular formula is C13H21FN2O2S. The first kappa shape index (κ1) is 16.1. The molecule has 0 heterocycles. The molecule has 0 saturated heterocycles. The molecule has 0 amide bonds. The van der Waals surface area contributed by atoms with Crippen molar-refractivity contribution in [3.8, 4) is 0 Å². The average Bonchev–Trinajstić information content (AvgIpc) is 2.23. The molecule has 0 saturated carbocycles. The molecule has 19 heavy (non-hydrogen) atoms. The lowest BCUT2D eigenvalue weighted by Gasteiger charge is -2.20. The molecule has 0 radical (unpaired) electrons. The first-order chi connectivity index (χ1) is 8.66. The Labute approximate surface area is 114 Å². The Morgan fingerprint density at radius 1 is 1.32 bits per heavy atom. The molecule has 1 unspecified atom stereocenters. The van der Waals surface area contributed by atoms with Crippen molar-refractivity contribution in [1.29, 1.82) is 0 Å². The first-order valence-corrected chi connectivity index (χ1v) is 7.59. The second kappa shape index (κ2) is 5.98. The fourth-order valence-corrected chi connectivity index (χ4v) is 3.55. The number of halogens is 1. The highest BCUT2D eigenvalue weighted by atomic mass is 32.2. The van der Waals surface area contributed by atoms with Gasteiger partial charge in [0.2, 0.25) is 10.0 Å². The minimum Gasteiger partial charge on any atom is -0.328 e. The number of nitrogens with two attached hydrogens (primary N) is 1. The quantitative estimate of drug-likeness (QED) is 0.898. The summed E-state index contributed by atoms with van der Waals surface area (Å²) in [6, 6.07) is 2.41. The van der Waals surface area contributed by atoms with Crippen LogP contribution in [0.15, 0.2) is 17.0 Å². The summed E-state index contributed by atoms with van der Waals surface area (Å²) in [6.45, 7) is 5.37. The van der Waals surface area contributed by atoms with Gasteiger partial charge in [-0.3, -0.25) is 0 Å². The van der Waals surface area contributed by atoms with Crippen LogP contribution in [0.5, 0.6) is 0 Å². The van der Waals surface area contributed by atoms with Gasteiger partial charge in [0, 0.05) is 19.6 Å². The fraction of sp³-hybridized carbons (Fsp3) is 0.538. The van der Waals surface area contributed by atoms with Crippen LogP contribution in [-0.4, -0.2) is 32.4 Å². The highest BCUT2D eigenvalue weighted by molar-refractivity contribution is 7.89. The maximum Gasteiger partial charge on any atom is 0.243 e. The van der Waals surface area contributed by atoms with Crippen molar-refractivity contribution >= 4 is 10.0 Å². The normalized spacial score (nSPS) is 13.8. The number of aryl methyl sites for hydroxylation is 2. The minimum absolute atomic E-state index is 0.0620. The van der Waals surface area contributed by atoms with Crippen molar-refractivity contribution in [1.82, 2.24) is 4.31 Å². The van der Waals surface area contributed by atoms with Crippen LogP contribution in [0.2, 0.25) is 0 Å². The smallest absolute Gasteiger partial charge is 0.243 e. The number of sulfonamides is 1. The number of rotatable bonds is 5. The van der Waals surface area contributed by atoms with Crippen molar-refractivity contribution < 1.29 is 12.8 Å². The van der Waals surface area contributed by atoms with Gasteiger partial charge in [-0.15, -0.1) is 0 Å². The summed E-state index contributed by atoms with van der Waals surface area (Å²) < 4.78 is 39.4. The molecule has 0 aliphatic rings. The Bertz CT molecular complexity index is 533. The van der Waals surface area contributed by atoms with Crippen LogP contribution >= 0.6 is 0 Å². The zero-order valence-electron chi connectivity index (χ0n) is 11.8. The summed E-state index contributed by atoms with van der Waals surface area (Å²) in [7, 11) is -2.09. The SMILES string of the molecule is Cc1cc(F)cc(C)c1S(=O)(=O)N(C)CCC(C)N. The molecule has 0 bridgehead atoms. The van der Waals surface area contributed by atoms with Crippen molar-refractivity contribution in [2.24, 2.45) is 5.73 Å². The van der Waals surface area contributed by atoms with Crippen LogP contribution in [0, 0.1) is 19.7 Å². The van der Waals surface area contributed by atoms with Crippen LogP contribution in [0.1, 0.15) is 24.5 Å². The molecule has 0 spiro atoms. The van der Waals surface area contributed by atoms with Gasteiger partial charge in [0.25, 0.3) is 0 Å². The van der Waals surface area contributed by atoms with E-state index < -0.39 is 15.8 Å². The van der Waals surface area contributed by atoms with E-state index in [1.807, 2.05) is 6.92 Å². The maximum absolute atomic E-state index is 13.2. The molecule has 0 aliphatic carbocycles. The summed E-state index contributed by atoms with van der Waals surface area (Å²) in [4.78, 5) is 0.182. The molecular weight excluding hydrogens is 267 g/mol. The van der Waals surface area contributed by atoms with Crippen LogP contribution < -0.4 is 5.73 Å². The maximum atomic E-state index is 13.2. The van der Waals surface area contributed by atoms with Crippen LogP contribution in [0.4, 0.5) is 4.39 Å². The zero-order valence-corrected chi connectivity index (χ0v) is 12.6. The second-order valence-corrected chi connectivity index (χ2v) is 6.94. The Morgan fingerprint density at radius 3 is 2.21 bits per heavy atom. The van der Waals surface area contributed by atoms with Crippen molar-refractivity contribution in [3.05, 3.63) is 29.1 Å². The Morgan fingerprint density at radius 2 is 1.79 bits per heavy atom. The molecule has 1 aromatic carbocycles. The van der Waals surface area contributed by atoms with E-state index in [9.17, 15) is 12.8 Å². The van der Waals surface area contributed by atoms with E-state index in [1.165, 1.54) is 23.5 Å². The van der Waals surface area contributed by atoms with Gasteiger partial charge in [0.15, 0.2) is 0 Å². The largest absolute Gasteiger partial charge is 0.328 e. The lowest BCUT2D eigenvalue weighted by atomic mass is 10.1. The summed E-state index contributed by atoms with van der Waals surface area (Å²) in [5, 5.41) is 0. The molecule has 6 heteroatoms. The van der Waals surface area contributed by atoms with Gasteiger partial charge in [-0.05, 0) is 50.5 Å². The van der Waals surface area contributed by atoms with E-state index in [2.05, 4.69) is 0 Å². The van der Waals surface area contributed by atoms with E-state index in [-0.39, 0.29) is 10.9 Å². The summed E-state index contributed by atoms with van der Waals surface area (Å²) >= 11 is 0. The summed E-state index contributed by atoms with van der Waals surface area (Å²) in [5.74, 6) is -0.424. The van der Waals surface area contributed by atoms with E-state index in [0.29, 0.717) is 24.1 Å². The summed E-state index contributed by atoms with van der Waals surface area (Å²) in [6.07, 6.45) is 0.578. The monoisotopic (exact) mass is 288 g/mol. The van der Waals surface area contributed by atoms with Crippen molar-refractivity contribution in [2.75, 3.05) is 13.6 Å². The topological polar surface area (TPSA) is 63.4 Å². The van der Waals surface area contributed by atoms with Gasteiger partial charge < -0.3 is 5.73 Å². The third kappa shape index (κ3) is 3.75. The van der Waals surface area contributed by atoms with E-state index in [4.69, 9.17) is 5.73 Å². The number of benzene rings is 1. The second-order valence-electron chi connectivity index (χ2n) is 4.96. The van der Waals surface area contributed by atoms with E-state index in [0.717, 1.165) is 0 Å². The number of hydrogen-bond acceptors (Lipinski definition) is 3. The molecule has 0 aliphatic heterocycles. The van der Waals surface area contributed by atoms with Crippen LogP contribution in [0.25, 0.3) is 0 Å². The number of nitrogens with zero attached hydrogens (tertiary/aromatic N) is 1. The molecule has 1 rings (SSSR count). The zero-order chi connectivity index (χ0) is 14.8. The lowest BCUT2D eigenvalue weighted by molar-refractivity contribution is 0.445. The third-order valence-electron chi connectivity index (χ3n) is 2.99. The Hall–Kier alpha value is -0.980. The number of hydrogen-bond donors (Lipinski definition) is 1. The average molecular weight is 288 g/mol. The summed E-state index contributed by atoms with van der Waals surface area (Å²) in [5.41, 5.74) is 6.47. The van der Waals surface area contributed by atoms with Gasteiger partial charge in [-0.2, -0.15) is 0 Å². The van der Waals surface area contributed by atoms with Crippen LogP contribution in [0.3, 0.4) is 0 Å². The van der Waals surface area contributed by atoms with E-state index in [1.54, 1.807) is 13.8 Å². The standard InChI is InChI=1S/C13H21FN2O2S/c1-9-7-12(14)8-10(2)13(9)19(17,18)16(4)6-5-11(3)15/h7-8,11H,5-6,15H2,1-4H3. The molecule has 0 fully saturated rings. The van der Waals surface area contributed by atoms with E-state index >= 15 is 0 Å². The molecule has 2 N–H and O–H groups in total. The molecule has 1 aromatic rings. The van der Waals surface area contributed by atoms with Gasteiger partial charge in [-0.25, -0.2) is 17.1 Å². The fourth-order valence-electron chi connectivity index (χ4n) is 1.97. The van der Waals surface area contributed by atoms with Gasteiger partial charge in [0.1, 0.15) is 5.82 Å².